The monoisotopic (exact) mass is 431 g/mol. The lowest BCUT2D eigenvalue weighted by molar-refractivity contribution is 0.00480. The number of carbonyl (C=O) groups excluding carboxylic acids is 1. The predicted molar refractivity (Wildman–Crippen MR) is 129 cm³/mol. The quantitative estimate of drug-likeness (QED) is 0.425. The Morgan fingerprint density at radius 1 is 0.812 bits per heavy atom. The minimum atomic E-state index is -0.198. The van der Waals surface area contributed by atoms with Crippen LogP contribution in [-0.2, 0) is 4.74 Å². The third kappa shape index (κ3) is 4.26. The van der Waals surface area contributed by atoms with Gasteiger partial charge in [0.2, 0.25) is 0 Å². The van der Waals surface area contributed by atoms with Gasteiger partial charge in [0.1, 0.15) is 6.10 Å². The van der Waals surface area contributed by atoms with Crippen LogP contribution in [0.15, 0.2) is 54.6 Å². The summed E-state index contributed by atoms with van der Waals surface area (Å²) in [6.07, 6.45) is 7.83. The van der Waals surface area contributed by atoms with Gasteiger partial charge in [-0.3, -0.25) is 0 Å². The molecule has 0 bridgehead atoms. The minimum absolute atomic E-state index is 0.0157. The zero-order valence-corrected chi connectivity index (χ0v) is 18.9. The van der Waals surface area contributed by atoms with Gasteiger partial charge >= 0.3 is 5.97 Å². The van der Waals surface area contributed by atoms with Gasteiger partial charge in [-0.05, 0) is 86.0 Å². The molecule has 0 amide bonds. The van der Waals surface area contributed by atoms with Crippen LogP contribution in [0.25, 0.3) is 21.5 Å². The highest BCUT2D eigenvalue weighted by Crippen LogP contribution is 2.33. The van der Waals surface area contributed by atoms with Crippen LogP contribution in [-0.4, -0.2) is 47.3 Å². The van der Waals surface area contributed by atoms with Gasteiger partial charge in [-0.2, -0.15) is 0 Å². The largest absolute Gasteiger partial charge is 0.459 e. The summed E-state index contributed by atoms with van der Waals surface area (Å²) in [5.74, 6) is -0.198. The Bertz CT molecular complexity index is 1040. The predicted octanol–water partition coefficient (Wildman–Crippen LogP) is 5.70. The third-order valence-corrected chi connectivity index (χ3v) is 7.71. The summed E-state index contributed by atoms with van der Waals surface area (Å²) in [6.45, 7) is 0. The molecule has 0 spiro atoms. The second-order valence-corrected chi connectivity index (χ2v) is 9.66. The number of esters is 1. The molecular formula is C28H33NO3. The standard InChI is InChI=1S/C28H33NO3/c1-29(21-10-14-23(30)15-11-21)22-12-16-24(17-13-22)32-28(31)27-25-8-4-2-6-19(25)18-20-7-3-5-9-26(20)27/h2-9,18,21-24,30H,10-17H2,1H3. The van der Waals surface area contributed by atoms with Gasteiger partial charge < -0.3 is 14.7 Å². The molecule has 0 saturated heterocycles. The number of aliphatic hydroxyl groups excluding tert-OH is 1. The van der Waals surface area contributed by atoms with Gasteiger partial charge in [0, 0.05) is 12.1 Å². The smallest absolute Gasteiger partial charge is 0.339 e. The first kappa shape index (κ1) is 21.4. The Balaban J connectivity index is 1.28. The van der Waals surface area contributed by atoms with Gasteiger partial charge in [0.05, 0.1) is 11.7 Å². The number of fused-ring (bicyclic) bond motifs is 2. The Morgan fingerprint density at radius 3 is 1.88 bits per heavy atom. The van der Waals surface area contributed by atoms with E-state index in [-0.39, 0.29) is 18.2 Å². The fourth-order valence-electron chi connectivity index (χ4n) is 5.78. The van der Waals surface area contributed by atoms with Crippen LogP contribution in [0.1, 0.15) is 61.7 Å². The van der Waals surface area contributed by atoms with Gasteiger partial charge in [-0.25, -0.2) is 4.79 Å². The second kappa shape index (κ2) is 9.21. The first-order valence-corrected chi connectivity index (χ1v) is 12.1. The van der Waals surface area contributed by atoms with Crippen LogP contribution in [0, 0.1) is 0 Å². The van der Waals surface area contributed by atoms with Gasteiger partial charge in [-0.1, -0.05) is 48.5 Å². The SMILES string of the molecule is CN(C1CCC(O)CC1)C1CCC(OC(=O)c2c3ccccc3cc3ccccc23)CC1. The summed E-state index contributed by atoms with van der Waals surface area (Å²) in [4.78, 5) is 15.9. The summed E-state index contributed by atoms with van der Waals surface area (Å²) in [7, 11) is 2.24. The molecule has 3 aromatic rings. The van der Waals surface area contributed by atoms with E-state index < -0.39 is 0 Å². The zero-order valence-electron chi connectivity index (χ0n) is 18.9. The lowest BCUT2D eigenvalue weighted by Gasteiger charge is -2.41. The highest BCUT2D eigenvalue weighted by molar-refractivity contribution is 6.16. The summed E-state index contributed by atoms with van der Waals surface area (Å²) in [5, 5.41) is 13.9. The number of hydrogen-bond acceptors (Lipinski definition) is 4. The molecule has 168 valence electrons. The van der Waals surface area contributed by atoms with Crippen molar-refractivity contribution in [3.8, 4) is 0 Å². The third-order valence-electron chi connectivity index (χ3n) is 7.71. The van der Waals surface area contributed by atoms with Crippen molar-refractivity contribution in [2.75, 3.05) is 7.05 Å². The van der Waals surface area contributed by atoms with E-state index in [0.717, 1.165) is 72.9 Å². The normalized spacial score (nSPS) is 26.5. The average Bonchev–Trinajstić information content (AvgIpc) is 2.83. The van der Waals surface area contributed by atoms with Gasteiger partial charge in [0.25, 0.3) is 0 Å². The summed E-state index contributed by atoms with van der Waals surface area (Å²) in [5.41, 5.74) is 0.693. The molecule has 0 aliphatic heterocycles. The molecule has 0 aromatic heterocycles. The van der Waals surface area contributed by atoms with Crippen molar-refractivity contribution in [3.63, 3.8) is 0 Å². The van der Waals surface area contributed by atoms with Crippen molar-refractivity contribution in [2.45, 2.75) is 75.7 Å². The summed E-state index contributed by atoms with van der Waals surface area (Å²) < 4.78 is 6.09. The lowest BCUT2D eigenvalue weighted by atomic mass is 9.87. The van der Waals surface area contributed by atoms with E-state index in [0.29, 0.717) is 17.6 Å². The van der Waals surface area contributed by atoms with E-state index >= 15 is 0 Å². The molecule has 1 N–H and O–H groups in total. The van der Waals surface area contributed by atoms with Gasteiger partial charge in [-0.15, -0.1) is 0 Å². The van der Waals surface area contributed by atoms with E-state index in [1.54, 1.807) is 0 Å². The molecule has 0 radical (unpaired) electrons. The van der Waals surface area contributed by atoms with Crippen molar-refractivity contribution in [3.05, 3.63) is 60.2 Å². The van der Waals surface area contributed by atoms with E-state index in [9.17, 15) is 9.90 Å². The number of nitrogens with zero attached hydrogens (tertiary/aromatic N) is 1. The highest BCUT2D eigenvalue weighted by Gasteiger charge is 2.31. The van der Waals surface area contributed by atoms with E-state index in [4.69, 9.17) is 4.74 Å². The highest BCUT2D eigenvalue weighted by atomic mass is 16.5. The maximum Gasteiger partial charge on any atom is 0.339 e. The molecular weight excluding hydrogens is 398 g/mol. The van der Waals surface area contributed by atoms with E-state index in [1.807, 2.05) is 36.4 Å². The van der Waals surface area contributed by atoms with E-state index in [1.165, 1.54) is 0 Å². The van der Waals surface area contributed by atoms with Crippen LogP contribution in [0.5, 0.6) is 0 Å². The molecule has 3 aromatic carbocycles. The van der Waals surface area contributed by atoms with Gasteiger partial charge in [0.15, 0.2) is 0 Å². The Morgan fingerprint density at radius 2 is 1.31 bits per heavy atom. The number of rotatable bonds is 4. The molecule has 4 nitrogen and oxygen atoms in total. The molecule has 0 atom stereocenters. The maximum atomic E-state index is 13.4. The molecule has 32 heavy (non-hydrogen) atoms. The van der Waals surface area contributed by atoms with Crippen LogP contribution in [0.2, 0.25) is 0 Å². The van der Waals surface area contributed by atoms with Crippen LogP contribution in [0.3, 0.4) is 0 Å². The number of carbonyl (C=O) groups is 1. The molecule has 5 rings (SSSR count). The maximum absolute atomic E-state index is 13.4. The molecule has 0 unspecified atom stereocenters. The summed E-state index contributed by atoms with van der Waals surface area (Å²) >= 11 is 0. The number of hydrogen-bond donors (Lipinski definition) is 1. The Kier molecular flexibility index (Phi) is 6.16. The summed E-state index contributed by atoms with van der Waals surface area (Å²) in [6, 6.07) is 19.4. The topological polar surface area (TPSA) is 49.8 Å². The van der Waals surface area contributed by atoms with Crippen molar-refractivity contribution < 1.29 is 14.6 Å². The van der Waals surface area contributed by atoms with Crippen molar-refractivity contribution in [1.82, 2.24) is 4.90 Å². The van der Waals surface area contributed by atoms with Crippen molar-refractivity contribution in [2.24, 2.45) is 0 Å². The van der Waals surface area contributed by atoms with E-state index in [2.05, 4.69) is 30.1 Å². The first-order valence-electron chi connectivity index (χ1n) is 12.1. The number of aliphatic hydroxyl groups is 1. The van der Waals surface area contributed by atoms with Crippen LogP contribution >= 0.6 is 0 Å². The van der Waals surface area contributed by atoms with Crippen molar-refractivity contribution in [1.29, 1.82) is 0 Å². The molecule has 0 heterocycles. The fourth-order valence-corrected chi connectivity index (χ4v) is 5.78. The Labute approximate surface area is 190 Å². The van der Waals surface area contributed by atoms with Crippen LogP contribution < -0.4 is 0 Å². The minimum Gasteiger partial charge on any atom is -0.459 e. The fraction of sp³-hybridized carbons (Fsp3) is 0.464. The average molecular weight is 432 g/mol. The second-order valence-electron chi connectivity index (χ2n) is 9.66. The molecule has 2 saturated carbocycles. The number of ether oxygens (including phenoxy) is 1. The molecule has 2 fully saturated rings. The number of benzene rings is 3. The lowest BCUT2D eigenvalue weighted by Crippen LogP contribution is -2.45. The Hall–Kier alpha value is -2.43. The van der Waals surface area contributed by atoms with Crippen molar-refractivity contribution >= 4 is 27.5 Å². The van der Waals surface area contributed by atoms with Crippen LogP contribution in [0.4, 0.5) is 0 Å². The molecule has 4 heteroatoms. The molecule has 2 aliphatic carbocycles. The zero-order chi connectivity index (χ0) is 22.1. The molecule has 2 aliphatic rings. The first-order chi connectivity index (χ1) is 15.6.